The molecule has 176 valence electrons. The number of anilines is 5. The number of hydrogen-bond acceptors (Lipinski definition) is 7. The molecular formula is C26H31N7O. The summed E-state index contributed by atoms with van der Waals surface area (Å²) in [4.78, 5) is 31.9. The van der Waals surface area contributed by atoms with Gasteiger partial charge in [0.2, 0.25) is 17.8 Å². The van der Waals surface area contributed by atoms with Crippen molar-refractivity contribution in [2.45, 2.75) is 38.5 Å². The molecule has 0 aliphatic carbocycles. The third-order valence-electron chi connectivity index (χ3n) is 6.34. The Labute approximate surface area is 200 Å². The molecule has 0 saturated carbocycles. The lowest BCUT2D eigenvalue weighted by Crippen LogP contribution is -2.34. The molecule has 3 aromatic rings. The number of piperidine rings is 2. The number of rotatable bonds is 6. The molecule has 2 fully saturated rings. The van der Waals surface area contributed by atoms with E-state index in [1.807, 2.05) is 48.5 Å². The Bertz CT molecular complexity index is 1070. The first kappa shape index (κ1) is 22.1. The quantitative estimate of drug-likeness (QED) is 0.547. The molecular weight excluding hydrogens is 426 g/mol. The fourth-order valence-corrected chi connectivity index (χ4v) is 4.51. The first-order chi connectivity index (χ1) is 16.8. The molecule has 8 heteroatoms. The summed E-state index contributed by atoms with van der Waals surface area (Å²) in [5, 5.41) is 6.28. The van der Waals surface area contributed by atoms with Crippen LogP contribution in [0.1, 0.15) is 48.9 Å². The van der Waals surface area contributed by atoms with E-state index in [-0.39, 0.29) is 5.91 Å². The predicted molar refractivity (Wildman–Crippen MR) is 136 cm³/mol. The fraction of sp³-hybridized carbons (Fsp3) is 0.385. The zero-order valence-electron chi connectivity index (χ0n) is 19.4. The van der Waals surface area contributed by atoms with Gasteiger partial charge in [-0.1, -0.05) is 30.3 Å². The van der Waals surface area contributed by atoms with Gasteiger partial charge in [-0.15, -0.1) is 0 Å². The lowest BCUT2D eigenvalue weighted by Gasteiger charge is -2.30. The van der Waals surface area contributed by atoms with Gasteiger partial charge < -0.3 is 20.4 Å². The number of carbonyl (C=O) groups excluding carboxylic acids is 1. The van der Waals surface area contributed by atoms with Crippen molar-refractivity contribution in [2.75, 3.05) is 46.6 Å². The van der Waals surface area contributed by atoms with Gasteiger partial charge in [-0.2, -0.15) is 15.0 Å². The lowest BCUT2D eigenvalue weighted by atomic mass is 10.1. The van der Waals surface area contributed by atoms with Crippen molar-refractivity contribution in [3.8, 4) is 0 Å². The van der Waals surface area contributed by atoms with Gasteiger partial charge in [0.05, 0.1) is 11.3 Å². The number of nitrogens with one attached hydrogen (secondary N) is 2. The third-order valence-corrected chi connectivity index (χ3v) is 6.34. The summed E-state index contributed by atoms with van der Waals surface area (Å²) in [5.41, 5.74) is 1.95. The van der Waals surface area contributed by atoms with Gasteiger partial charge in [0, 0.05) is 31.9 Å². The molecule has 2 aliphatic rings. The van der Waals surface area contributed by atoms with Crippen LogP contribution in [0.4, 0.5) is 29.2 Å². The van der Waals surface area contributed by atoms with Crippen molar-refractivity contribution >= 4 is 35.1 Å². The van der Waals surface area contributed by atoms with Crippen LogP contribution < -0.4 is 20.4 Å². The van der Waals surface area contributed by atoms with E-state index in [9.17, 15) is 4.79 Å². The smallest absolute Gasteiger partial charge is 0.257 e. The second-order valence-electron chi connectivity index (χ2n) is 8.85. The van der Waals surface area contributed by atoms with E-state index in [2.05, 4.69) is 20.4 Å². The maximum Gasteiger partial charge on any atom is 0.257 e. The molecule has 2 N–H and O–H groups in total. The maximum absolute atomic E-state index is 13.0. The number of aromatic nitrogens is 3. The zero-order chi connectivity index (χ0) is 23.2. The number of carbonyl (C=O) groups is 1. The van der Waals surface area contributed by atoms with Crippen LogP contribution in [0, 0.1) is 0 Å². The molecule has 1 aromatic heterocycles. The molecule has 8 nitrogen and oxygen atoms in total. The summed E-state index contributed by atoms with van der Waals surface area (Å²) in [6.45, 7) is 3.83. The summed E-state index contributed by atoms with van der Waals surface area (Å²) >= 11 is 0. The molecule has 5 rings (SSSR count). The normalized spacial score (nSPS) is 16.2. The molecule has 3 heterocycles. The third kappa shape index (κ3) is 5.27. The second kappa shape index (κ2) is 10.5. The molecule has 2 aromatic carbocycles. The largest absolute Gasteiger partial charge is 0.341 e. The summed E-state index contributed by atoms with van der Waals surface area (Å²) in [7, 11) is 0. The minimum atomic E-state index is -0.184. The average molecular weight is 458 g/mol. The summed E-state index contributed by atoms with van der Waals surface area (Å²) < 4.78 is 0. The SMILES string of the molecule is O=C(Nc1ccccc1)c1ccccc1Nc1nc(N2CCCCC2)nc(N2CCCCC2)n1. The Kier molecular flexibility index (Phi) is 6.84. The minimum absolute atomic E-state index is 0.184. The highest BCUT2D eigenvalue weighted by Crippen LogP contribution is 2.26. The van der Waals surface area contributed by atoms with Crippen molar-refractivity contribution in [2.24, 2.45) is 0 Å². The molecule has 2 saturated heterocycles. The number of para-hydroxylation sites is 2. The highest BCUT2D eigenvalue weighted by molar-refractivity contribution is 6.08. The summed E-state index contributed by atoms with van der Waals surface area (Å²) in [6.07, 6.45) is 7.09. The molecule has 0 unspecified atom stereocenters. The fourth-order valence-electron chi connectivity index (χ4n) is 4.51. The van der Waals surface area contributed by atoms with E-state index in [0.717, 1.165) is 57.5 Å². The first-order valence-electron chi connectivity index (χ1n) is 12.2. The molecule has 0 radical (unpaired) electrons. The molecule has 0 spiro atoms. The molecule has 34 heavy (non-hydrogen) atoms. The van der Waals surface area contributed by atoms with Crippen LogP contribution in [0.3, 0.4) is 0 Å². The van der Waals surface area contributed by atoms with E-state index >= 15 is 0 Å². The van der Waals surface area contributed by atoms with Crippen LogP contribution in [-0.4, -0.2) is 47.0 Å². The monoisotopic (exact) mass is 457 g/mol. The van der Waals surface area contributed by atoms with Crippen molar-refractivity contribution in [1.29, 1.82) is 0 Å². The van der Waals surface area contributed by atoms with Gasteiger partial charge in [0.25, 0.3) is 5.91 Å². The summed E-state index contributed by atoms with van der Waals surface area (Å²) in [5.74, 6) is 1.71. The van der Waals surface area contributed by atoms with E-state index in [1.54, 1.807) is 6.07 Å². The van der Waals surface area contributed by atoms with Crippen molar-refractivity contribution in [1.82, 2.24) is 15.0 Å². The Hall–Kier alpha value is -3.68. The van der Waals surface area contributed by atoms with Gasteiger partial charge in [0.15, 0.2) is 0 Å². The highest BCUT2D eigenvalue weighted by atomic mass is 16.1. The standard InChI is InChI=1S/C26H31N7O/c34-23(27-20-12-4-1-5-13-20)21-14-6-7-15-22(21)28-24-29-25(32-16-8-2-9-17-32)31-26(30-24)33-18-10-3-11-19-33/h1,4-7,12-15H,2-3,8-11,16-19H2,(H,27,34)(H,28,29,30,31). The van der Waals surface area contributed by atoms with Crippen LogP contribution in [0.5, 0.6) is 0 Å². The molecule has 0 atom stereocenters. The number of nitrogens with zero attached hydrogens (tertiary/aromatic N) is 5. The topological polar surface area (TPSA) is 86.3 Å². The van der Waals surface area contributed by atoms with E-state index in [4.69, 9.17) is 15.0 Å². The van der Waals surface area contributed by atoms with Crippen molar-refractivity contribution in [3.05, 3.63) is 60.2 Å². The molecule has 1 amide bonds. The van der Waals surface area contributed by atoms with Gasteiger partial charge >= 0.3 is 0 Å². The lowest BCUT2D eigenvalue weighted by molar-refractivity contribution is 0.102. The number of amides is 1. The zero-order valence-corrected chi connectivity index (χ0v) is 19.4. The van der Waals surface area contributed by atoms with Crippen LogP contribution in [0.25, 0.3) is 0 Å². The van der Waals surface area contributed by atoms with Crippen molar-refractivity contribution in [3.63, 3.8) is 0 Å². The van der Waals surface area contributed by atoms with Crippen LogP contribution in [0.15, 0.2) is 54.6 Å². The Morgan fingerprint density at radius 3 is 1.85 bits per heavy atom. The van der Waals surface area contributed by atoms with Crippen LogP contribution >= 0.6 is 0 Å². The average Bonchev–Trinajstić information content (AvgIpc) is 2.90. The van der Waals surface area contributed by atoms with Crippen LogP contribution in [-0.2, 0) is 0 Å². The first-order valence-corrected chi connectivity index (χ1v) is 12.2. The maximum atomic E-state index is 13.0. The highest BCUT2D eigenvalue weighted by Gasteiger charge is 2.21. The molecule has 0 bridgehead atoms. The Morgan fingerprint density at radius 1 is 0.676 bits per heavy atom. The Morgan fingerprint density at radius 2 is 1.24 bits per heavy atom. The van der Waals surface area contributed by atoms with Gasteiger partial charge in [-0.3, -0.25) is 4.79 Å². The van der Waals surface area contributed by atoms with E-state index in [0.29, 0.717) is 29.1 Å². The second-order valence-corrected chi connectivity index (χ2v) is 8.85. The van der Waals surface area contributed by atoms with Gasteiger partial charge in [0.1, 0.15) is 0 Å². The van der Waals surface area contributed by atoms with Crippen molar-refractivity contribution < 1.29 is 4.79 Å². The summed E-state index contributed by atoms with van der Waals surface area (Å²) in [6, 6.07) is 16.9. The minimum Gasteiger partial charge on any atom is -0.341 e. The number of hydrogen-bond donors (Lipinski definition) is 2. The van der Waals surface area contributed by atoms with E-state index < -0.39 is 0 Å². The predicted octanol–water partition coefficient (Wildman–Crippen LogP) is 4.85. The number of benzene rings is 2. The van der Waals surface area contributed by atoms with Gasteiger partial charge in [-0.05, 0) is 62.8 Å². The van der Waals surface area contributed by atoms with E-state index in [1.165, 1.54) is 12.8 Å². The van der Waals surface area contributed by atoms with Gasteiger partial charge in [-0.25, -0.2) is 0 Å². The Balaban J connectivity index is 1.43. The van der Waals surface area contributed by atoms with Crippen LogP contribution in [0.2, 0.25) is 0 Å². The molecule has 2 aliphatic heterocycles.